The minimum atomic E-state index is -0.602. The molecule has 7 nitrogen and oxygen atoms in total. The molecule has 0 bridgehead atoms. The van der Waals surface area contributed by atoms with Gasteiger partial charge in [0, 0.05) is 36.2 Å². The average Bonchev–Trinajstić information content (AvgIpc) is 3.12. The normalized spacial score (nSPS) is 18.5. The second kappa shape index (κ2) is 8.51. The van der Waals surface area contributed by atoms with Crippen molar-refractivity contribution in [3.05, 3.63) is 71.9 Å². The number of amides is 2. The van der Waals surface area contributed by atoms with E-state index in [1.807, 2.05) is 30.3 Å². The van der Waals surface area contributed by atoms with Gasteiger partial charge in [0.2, 0.25) is 0 Å². The smallest absolute Gasteiger partial charge is 0.255 e. The number of ether oxygens (including phenoxy) is 1. The zero-order valence-corrected chi connectivity index (χ0v) is 16.4. The second-order valence-corrected chi connectivity index (χ2v) is 7.51. The van der Waals surface area contributed by atoms with Gasteiger partial charge in [0.25, 0.3) is 11.8 Å². The average molecular weight is 405 g/mol. The Hall–Kier alpha value is -3.45. The van der Waals surface area contributed by atoms with Crippen LogP contribution in [0.1, 0.15) is 15.9 Å². The predicted molar refractivity (Wildman–Crippen MR) is 112 cm³/mol. The summed E-state index contributed by atoms with van der Waals surface area (Å²) in [7, 11) is 0. The predicted octanol–water partition coefficient (Wildman–Crippen LogP) is 1.77. The number of benzene rings is 2. The molecule has 0 unspecified atom stereocenters. The summed E-state index contributed by atoms with van der Waals surface area (Å²) in [4.78, 5) is 29.9. The number of fused-ring (bicyclic) bond motifs is 1. The standard InChI is InChI=1S/C23H23N3O4/c24-22(28)14-30-18-5-3-4-16(11-18)23(29)26-12-17(21(27)13-26)10-15-8-9-25-20-7-2-1-6-19(15)20/h1-9,11,17,21,27H,10,12-14H2,(H2,24,28)/t17-,21+/m1/s1. The van der Waals surface area contributed by atoms with Gasteiger partial charge in [0.1, 0.15) is 5.75 Å². The molecule has 2 atom stereocenters. The number of nitrogens with two attached hydrogens (primary N) is 1. The number of hydrogen-bond acceptors (Lipinski definition) is 5. The number of aromatic nitrogens is 1. The van der Waals surface area contributed by atoms with Crippen LogP contribution in [0.25, 0.3) is 10.9 Å². The quantitative estimate of drug-likeness (QED) is 0.650. The number of nitrogens with zero attached hydrogens (tertiary/aromatic N) is 2. The number of aliphatic hydroxyl groups excluding tert-OH is 1. The van der Waals surface area contributed by atoms with E-state index in [4.69, 9.17) is 10.5 Å². The number of β-amino-alcohol motifs (C(OH)–C–C–N with tert-alkyl or cyclic N) is 1. The molecule has 2 heterocycles. The second-order valence-electron chi connectivity index (χ2n) is 7.51. The molecule has 2 aromatic carbocycles. The van der Waals surface area contributed by atoms with Gasteiger partial charge in [0.05, 0.1) is 11.6 Å². The molecule has 2 amide bonds. The summed E-state index contributed by atoms with van der Waals surface area (Å²) in [5.41, 5.74) is 7.57. The Morgan fingerprint density at radius 1 is 1.13 bits per heavy atom. The summed E-state index contributed by atoms with van der Waals surface area (Å²) < 4.78 is 5.28. The van der Waals surface area contributed by atoms with Crippen LogP contribution >= 0.6 is 0 Å². The van der Waals surface area contributed by atoms with Gasteiger partial charge in [-0.2, -0.15) is 0 Å². The van der Waals surface area contributed by atoms with E-state index in [0.717, 1.165) is 16.5 Å². The molecule has 0 aliphatic carbocycles. The molecule has 1 aliphatic heterocycles. The maximum Gasteiger partial charge on any atom is 0.255 e. The van der Waals surface area contributed by atoms with Gasteiger partial charge in [-0.3, -0.25) is 14.6 Å². The van der Waals surface area contributed by atoms with Gasteiger partial charge in [-0.15, -0.1) is 0 Å². The Morgan fingerprint density at radius 3 is 2.80 bits per heavy atom. The van der Waals surface area contributed by atoms with E-state index < -0.39 is 12.0 Å². The van der Waals surface area contributed by atoms with Crippen LogP contribution in [0.5, 0.6) is 5.75 Å². The van der Waals surface area contributed by atoms with Crippen molar-refractivity contribution in [3.63, 3.8) is 0 Å². The molecule has 1 aliphatic rings. The molecule has 1 saturated heterocycles. The SMILES string of the molecule is NC(=O)COc1cccc(C(=O)N2C[C@@H](Cc3ccnc4ccccc34)[C@@H](O)C2)c1. The Labute approximate surface area is 174 Å². The molecule has 1 aromatic heterocycles. The number of primary amides is 1. The highest BCUT2D eigenvalue weighted by atomic mass is 16.5. The van der Waals surface area contributed by atoms with Crippen LogP contribution in [0.2, 0.25) is 0 Å². The highest BCUT2D eigenvalue weighted by molar-refractivity contribution is 5.95. The Kier molecular flexibility index (Phi) is 5.63. The Balaban J connectivity index is 1.47. The van der Waals surface area contributed by atoms with E-state index in [-0.39, 0.29) is 25.0 Å². The van der Waals surface area contributed by atoms with Crippen LogP contribution < -0.4 is 10.5 Å². The van der Waals surface area contributed by atoms with E-state index in [2.05, 4.69) is 4.98 Å². The zero-order chi connectivity index (χ0) is 21.1. The van der Waals surface area contributed by atoms with Crippen molar-refractivity contribution in [3.8, 4) is 5.75 Å². The minimum absolute atomic E-state index is 0.0611. The van der Waals surface area contributed by atoms with Crippen LogP contribution in [-0.4, -0.2) is 52.6 Å². The van der Waals surface area contributed by atoms with Crippen molar-refractivity contribution < 1.29 is 19.4 Å². The van der Waals surface area contributed by atoms with Gasteiger partial charge < -0.3 is 20.5 Å². The minimum Gasteiger partial charge on any atom is -0.484 e. The molecule has 154 valence electrons. The van der Waals surface area contributed by atoms with E-state index >= 15 is 0 Å². The largest absolute Gasteiger partial charge is 0.484 e. The number of pyridine rings is 1. The van der Waals surface area contributed by atoms with E-state index in [1.54, 1.807) is 35.4 Å². The van der Waals surface area contributed by atoms with Gasteiger partial charge >= 0.3 is 0 Å². The summed E-state index contributed by atoms with van der Waals surface area (Å²) in [6.07, 6.45) is 1.84. The monoisotopic (exact) mass is 405 g/mol. The summed E-state index contributed by atoms with van der Waals surface area (Å²) in [5, 5.41) is 11.7. The molecule has 3 N–H and O–H groups in total. The summed E-state index contributed by atoms with van der Waals surface area (Å²) in [5.74, 6) is -0.421. The number of carbonyl (C=O) groups excluding carboxylic acids is 2. The van der Waals surface area contributed by atoms with Gasteiger partial charge in [-0.25, -0.2) is 0 Å². The van der Waals surface area contributed by atoms with Crippen molar-refractivity contribution in [1.82, 2.24) is 9.88 Å². The van der Waals surface area contributed by atoms with Crippen molar-refractivity contribution in [2.24, 2.45) is 11.7 Å². The summed E-state index contributed by atoms with van der Waals surface area (Å²) in [6.45, 7) is 0.490. The lowest BCUT2D eigenvalue weighted by Gasteiger charge is -2.17. The van der Waals surface area contributed by atoms with Gasteiger partial charge in [-0.05, 0) is 42.3 Å². The van der Waals surface area contributed by atoms with Crippen LogP contribution in [0, 0.1) is 5.92 Å². The van der Waals surface area contributed by atoms with Crippen molar-refractivity contribution in [1.29, 1.82) is 0 Å². The third-order valence-electron chi connectivity index (χ3n) is 5.38. The molecule has 0 spiro atoms. The topological polar surface area (TPSA) is 106 Å². The lowest BCUT2D eigenvalue weighted by atomic mass is 9.94. The highest BCUT2D eigenvalue weighted by Gasteiger charge is 2.34. The fourth-order valence-electron chi connectivity index (χ4n) is 3.89. The number of hydrogen-bond donors (Lipinski definition) is 2. The maximum absolute atomic E-state index is 13.0. The molecule has 1 fully saturated rings. The summed E-state index contributed by atoms with van der Waals surface area (Å²) in [6, 6.07) is 16.5. The van der Waals surface area contributed by atoms with E-state index in [0.29, 0.717) is 24.3 Å². The van der Waals surface area contributed by atoms with Crippen LogP contribution in [0.4, 0.5) is 0 Å². The molecule has 0 radical (unpaired) electrons. The molecular formula is C23H23N3O4. The Morgan fingerprint density at radius 2 is 1.97 bits per heavy atom. The molecular weight excluding hydrogens is 382 g/mol. The lowest BCUT2D eigenvalue weighted by molar-refractivity contribution is -0.119. The van der Waals surface area contributed by atoms with Crippen molar-refractivity contribution in [2.45, 2.75) is 12.5 Å². The first-order valence-electron chi connectivity index (χ1n) is 9.82. The van der Waals surface area contributed by atoms with E-state index in [1.165, 1.54) is 0 Å². The molecule has 30 heavy (non-hydrogen) atoms. The first-order chi connectivity index (χ1) is 14.5. The third kappa shape index (κ3) is 4.26. The fourth-order valence-corrected chi connectivity index (χ4v) is 3.89. The van der Waals surface area contributed by atoms with E-state index in [9.17, 15) is 14.7 Å². The fraction of sp³-hybridized carbons (Fsp3) is 0.261. The zero-order valence-electron chi connectivity index (χ0n) is 16.4. The number of rotatable bonds is 6. The lowest BCUT2D eigenvalue weighted by Crippen LogP contribution is -2.29. The number of aliphatic hydroxyl groups is 1. The van der Waals surface area contributed by atoms with Crippen molar-refractivity contribution in [2.75, 3.05) is 19.7 Å². The number of carbonyl (C=O) groups is 2. The van der Waals surface area contributed by atoms with Gasteiger partial charge in [-0.1, -0.05) is 24.3 Å². The highest BCUT2D eigenvalue weighted by Crippen LogP contribution is 2.27. The summed E-state index contributed by atoms with van der Waals surface area (Å²) >= 11 is 0. The van der Waals surface area contributed by atoms with Crippen LogP contribution in [0.3, 0.4) is 0 Å². The van der Waals surface area contributed by atoms with Crippen LogP contribution in [0.15, 0.2) is 60.8 Å². The van der Waals surface area contributed by atoms with Gasteiger partial charge in [0.15, 0.2) is 6.61 Å². The first-order valence-corrected chi connectivity index (χ1v) is 9.82. The molecule has 3 aromatic rings. The number of likely N-dealkylation sites (tertiary alicyclic amines) is 1. The number of para-hydroxylation sites is 1. The molecule has 4 rings (SSSR count). The Bertz CT molecular complexity index is 1080. The van der Waals surface area contributed by atoms with Crippen LogP contribution in [-0.2, 0) is 11.2 Å². The maximum atomic E-state index is 13.0. The first kappa shape index (κ1) is 19.8. The molecule has 7 heteroatoms. The van der Waals surface area contributed by atoms with Crippen molar-refractivity contribution >= 4 is 22.7 Å². The third-order valence-corrected chi connectivity index (χ3v) is 5.38. The molecule has 0 saturated carbocycles.